The molecule has 1 spiro atoms. The molecule has 3 N–H and O–H groups in total. The van der Waals surface area contributed by atoms with Crippen LogP contribution in [-0.4, -0.2) is 53.5 Å². The summed E-state index contributed by atoms with van der Waals surface area (Å²) >= 11 is 0. The third-order valence-electron chi connectivity index (χ3n) is 11.7. The summed E-state index contributed by atoms with van der Waals surface area (Å²) in [7, 11) is 0. The fourth-order valence-electron chi connectivity index (χ4n) is 10.1. The minimum atomic E-state index is -0.210. The van der Waals surface area contributed by atoms with Crippen LogP contribution in [0, 0.1) is 35.0 Å². The Morgan fingerprint density at radius 3 is 2.82 bits per heavy atom. The highest BCUT2D eigenvalue weighted by Crippen LogP contribution is 2.64. The molecule has 0 aromatic rings. The lowest BCUT2D eigenvalue weighted by atomic mass is 9.56. The number of allylic oxidation sites excluding steroid dienone is 2. The normalized spacial score (nSPS) is 50.9. The van der Waals surface area contributed by atoms with Crippen LogP contribution in [0.25, 0.3) is 0 Å². The van der Waals surface area contributed by atoms with Crippen LogP contribution < -0.4 is 5.73 Å². The van der Waals surface area contributed by atoms with Gasteiger partial charge in [-0.1, -0.05) is 43.6 Å². The number of nitrogens with zero attached hydrogens (tertiary/aromatic N) is 1. The van der Waals surface area contributed by atoms with Crippen LogP contribution in [0.4, 0.5) is 0 Å². The predicted molar refractivity (Wildman–Crippen MR) is 137 cm³/mol. The predicted octanol–water partition coefficient (Wildman–Crippen LogP) is 5.06. The molecular weight excluding hydrogens is 420 g/mol. The molecule has 4 fully saturated rings. The first-order valence-corrected chi connectivity index (χ1v) is 14.5. The van der Waals surface area contributed by atoms with E-state index in [-0.39, 0.29) is 11.7 Å². The standard InChI is InChI=1S/C30H48N2O2/c1-18-13-27-28(32(17-18)12-11-31)20(3)30(34-27)10-8-23-24-6-5-21-14-22(33)7-9-29(21,4)26(24)15-25(23)19(2)16-30/h14,18,20,22-24,26-28,33H,5-13,15-17,31H2,1-4H3/t18-,20+,22-,23-,24-,26-,27+,28-,29-,30-/m0/s1. The number of rotatable bonds is 2. The van der Waals surface area contributed by atoms with Crippen molar-refractivity contribution in [2.24, 2.45) is 40.7 Å². The molecule has 10 atom stereocenters. The topological polar surface area (TPSA) is 58.7 Å². The quantitative estimate of drug-likeness (QED) is 0.556. The van der Waals surface area contributed by atoms with Crippen molar-refractivity contribution < 1.29 is 9.84 Å². The molecule has 6 rings (SSSR count). The molecule has 2 saturated carbocycles. The van der Waals surface area contributed by atoms with E-state index >= 15 is 0 Å². The fourth-order valence-corrected chi connectivity index (χ4v) is 10.1. The van der Waals surface area contributed by atoms with E-state index in [1.165, 1.54) is 51.5 Å². The Balaban J connectivity index is 1.28. The van der Waals surface area contributed by atoms with Crippen LogP contribution in [-0.2, 0) is 4.74 Å². The zero-order valence-corrected chi connectivity index (χ0v) is 22.1. The summed E-state index contributed by atoms with van der Waals surface area (Å²) in [6.07, 6.45) is 13.2. The number of likely N-dealkylation sites (tertiary alicyclic amines) is 1. The summed E-state index contributed by atoms with van der Waals surface area (Å²) in [6, 6.07) is 0.540. The second kappa shape index (κ2) is 8.43. The number of fused-ring (bicyclic) bond motifs is 6. The van der Waals surface area contributed by atoms with Gasteiger partial charge in [0.05, 0.1) is 17.8 Å². The summed E-state index contributed by atoms with van der Waals surface area (Å²) in [5, 5.41) is 10.3. The van der Waals surface area contributed by atoms with Crippen molar-refractivity contribution in [2.75, 3.05) is 19.6 Å². The molecule has 0 bridgehead atoms. The maximum Gasteiger partial charge on any atom is 0.0765 e. The average Bonchev–Trinajstić information content (AvgIpc) is 3.25. The summed E-state index contributed by atoms with van der Waals surface area (Å²) < 4.78 is 7.17. The van der Waals surface area contributed by atoms with Crippen LogP contribution in [0.2, 0.25) is 0 Å². The van der Waals surface area contributed by atoms with Crippen LogP contribution in [0.1, 0.15) is 85.5 Å². The number of aliphatic hydroxyl groups excluding tert-OH is 1. The van der Waals surface area contributed by atoms with Crippen molar-refractivity contribution in [3.8, 4) is 0 Å². The molecule has 2 aliphatic heterocycles. The van der Waals surface area contributed by atoms with Crippen molar-refractivity contribution in [3.05, 3.63) is 22.8 Å². The van der Waals surface area contributed by atoms with Gasteiger partial charge in [0, 0.05) is 31.6 Å². The number of ether oxygens (including phenoxy) is 1. The van der Waals surface area contributed by atoms with Gasteiger partial charge >= 0.3 is 0 Å². The Morgan fingerprint density at radius 2 is 2.03 bits per heavy atom. The Hall–Kier alpha value is -0.680. The minimum absolute atomic E-state index is 0.0156. The van der Waals surface area contributed by atoms with Gasteiger partial charge in [-0.25, -0.2) is 0 Å². The molecule has 2 heterocycles. The van der Waals surface area contributed by atoms with Crippen LogP contribution in [0.3, 0.4) is 0 Å². The first-order valence-electron chi connectivity index (χ1n) is 14.5. The van der Waals surface area contributed by atoms with Gasteiger partial charge in [-0.2, -0.15) is 0 Å². The Labute approximate surface area is 207 Å². The zero-order chi connectivity index (χ0) is 23.8. The van der Waals surface area contributed by atoms with Gasteiger partial charge in [-0.15, -0.1) is 0 Å². The van der Waals surface area contributed by atoms with Crippen LogP contribution in [0.15, 0.2) is 22.8 Å². The van der Waals surface area contributed by atoms with Crippen molar-refractivity contribution in [1.82, 2.24) is 4.90 Å². The molecular formula is C30H48N2O2. The second-order valence-corrected chi connectivity index (χ2v) is 13.5. The van der Waals surface area contributed by atoms with E-state index in [2.05, 4.69) is 38.7 Å². The maximum atomic E-state index is 10.3. The van der Waals surface area contributed by atoms with E-state index < -0.39 is 0 Å². The molecule has 4 aliphatic carbocycles. The van der Waals surface area contributed by atoms with Gasteiger partial charge in [-0.3, -0.25) is 4.90 Å². The molecule has 4 heteroatoms. The Bertz CT molecular complexity index is 881. The zero-order valence-electron chi connectivity index (χ0n) is 22.1. The van der Waals surface area contributed by atoms with Crippen molar-refractivity contribution in [1.29, 1.82) is 0 Å². The lowest BCUT2D eigenvalue weighted by molar-refractivity contribution is -0.0791. The van der Waals surface area contributed by atoms with Crippen molar-refractivity contribution >= 4 is 0 Å². The van der Waals surface area contributed by atoms with E-state index in [1.807, 2.05) is 0 Å². The molecule has 0 aromatic heterocycles. The first kappa shape index (κ1) is 23.7. The van der Waals surface area contributed by atoms with E-state index in [1.54, 1.807) is 16.7 Å². The monoisotopic (exact) mass is 468 g/mol. The van der Waals surface area contributed by atoms with Crippen molar-refractivity contribution in [3.63, 3.8) is 0 Å². The first-order chi connectivity index (χ1) is 16.3. The van der Waals surface area contributed by atoms with Crippen LogP contribution >= 0.6 is 0 Å². The average molecular weight is 469 g/mol. The van der Waals surface area contributed by atoms with Crippen molar-refractivity contribution in [2.45, 2.75) is 109 Å². The molecule has 4 nitrogen and oxygen atoms in total. The smallest absolute Gasteiger partial charge is 0.0765 e. The lowest BCUT2D eigenvalue weighted by Crippen LogP contribution is -2.53. The molecule has 0 unspecified atom stereocenters. The van der Waals surface area contributed by atoms with Gasteiger partial charge in [-0.05, 0) is 93.8 Å². The number of hydrogen-bond acceptors (Lipinski definition) is 4. The minimum Gasteiger partial charge on any atom is -0.389 e. The number of nitrogens with two attached hydrogens (primary N) is 1. The van der Waals surface area contributed by atoms with Gasteiger partial charge in [0.15, 0.2) is 0 Å². The van der Waals surface area contributed by atoms with Crippen LogP contribution in [0.5, 0.6) is 0 Å². The molecule has 2 saturated heterocycles. The maximum absolute atomic E-state index is 10.3. The highest BCUT2D eigenvalue weighted by Gasteiger charge is 2.59. The summed E-state index contributed by atoms with van der Waals surface area (Å²) in [4.78, 5) is 2.68. The molecule has 0 amide bonds. The van der Waals surface area contributed by atoms with Gasteiger partial charge in [0.2, 0.25) is 0 Å². The molecule has 190 valence electrons. The summed E-state index contributed by atoms with van der Waals surface area (Å²) in [5.74, 6) is 3.62. The highest BCUT2D eigenvalue weighted by molar-refractivity contribution is 5.33. The largest absolute Gasteiger partial charge is 0.389 e. The second-order valence-electron chi connectivity index (χ2n) is 13.5. The third-order valence-corrected chi connectivity index (χ3v) is 11.7. The molecule has 0 radical (unpaired) electrons. The van der Waals surface area contributed by atoms with E-state index in [9.17, 15) is 5.11 Å². The number of piperidine rings is 1. The van der Waals surface area contributed by atoms with E-state index in [4.69, 9.17) is 10.5 Å². The highest BCUT2D eigenvalue weighted by atomic mass is 16.5. The lowest BCUT2D eigenvalue weighted by Gasteiger charge is -2.49. The summed E-state index contributed by atoms with van der Waals surface area (Å²) in [5.41, 5.74) is 11.4. The summed E-state index contributed by atoms with van der Waals surface area (Å²) in [6.45, 7) is 12.8. The fraction of sp³-hybridized carbons (Fsp3) is 0.867. The van der Waals surface area contributed by atoms with Gasteiger partial charge in [0.1, 0.15) is 0 Å². The van der Waals surface area contributed by atoms with Gasteiger partial charge < -0.3 is 15.6 Å². The molecule has 0 aromatic carbocycles. The Kier molecular flexibility index (Phi) is 5.88. The van der Waals surface area contributed by atoms with E-state index in [0.29, 0.717) is 29.4 Å². The van der Waals surface area contributed by atoms with Gasteiger partial charge in [0.25, 0.3) is 0 Å². The SMILES string of the molecule is CC1=C2C[C@H]3[C@@H](CCC4=C[C@@H](O)CC[C@@]43C)[C@@H]2CC[C@@]2(C1)O[C@@H]1C[C@H](C)CN(CCN)[C@H]1[C@H]2C. The Morgan fingerprint density at radius 1 is 1.21 bits per heavy atom. The number of aliphatic hydroxyl groups is 1. The molecule has 6 aliphatic rings. The third kappa shape index (κ3) is 3.45. The van der Waals surface area contributed by atoms with E-state index in [0.717, 1.165) is 43.7 Å². The molecule has 34 heavy (non-hydrogen) atoms. The number of hydrogen-bond donors (Lipinski definition) is 2.